The van der Waals surface area contributed by atoms with Crippen molar-refractivity contribution in [2.45, 2.75) is 0 Å². The molecule has 0 aromatic heterocycles. The van der Waals surface area contributed by atoms with Crippen molar-refractivity contribution in [2.75, 3.05) is 0 Å². The summed E-state index contributed by atoms with van der Waals surface area (Å²) in [6.07, 6.45) is 1.87. The fraction of sp³-hybridized carbons (Fsp3) is 0. The fourth-order valence-corrected chi connectivity index (χ4v) is 1.64. The van der Waals surface area contributed by atoms with Crippen LogP contribution in [0.25, 0.3) is 17.2 Å². The van der Waals surface area contributed by atoms with Gasteiger partial charge in [0.05, 0.1) is 0 Å². The summed E-state index contributed by atoms with van der Waals surface area (Å²) >= 11 is 5.51. The summed E-state index contributed by atoms with van der Waals surface area (Å²) in [6.45, 7) is 0. The largest absolute Gasteiger partial charge is 0.0929 e. The molecule has 0 saturated heterocycles. The lowest BCUT2D eigenvalue weighted by Crippen LogP contribution is -1.77. The molecule has 0 radical (unpaired) electrons. The summed E-state index contributed by atoms with van der Waals surface area (Å²) in [6, 6.07) is 18.6. The van der Waals surface area contributed by atoms with Gasteiger partial charge in [-0.2, -0.15) is 0 Å². The van der Waals surface area contributed by atoms with Gasteiger partial charge in [0.1, 0.15) is 0 Å². The SMILES string of the molecule is Cl/C=C/c1ccc(-c2ccccc2)cc1. The van der Waals surface area contributed by atoms with Crippen molar-refractivity contribution in [1.29, 1.82) is 0 Å². The van der Waals surface area contributed by atoms with Crippen LogP contribution in [0.5, 0.6) is 0 Å². The highest BCUT2D eigenvalue weighted by Gasteiger charge is 1.94. The van der Waals surface area contributed by atoms with Crippen LogP contribution in [0, 0.1) is 0 Å². The minimum absolute atomic E-state index is 1.12. The van der Waals surface area contributed by atoms with Crippen LogP contribution < -0.4 is 0 Å². The normalized spacial score (nSPS) is 10.7. The van der Waals surface area contributed by atoms with Crippen LogP contribution in [-0.4, -0.2) is 0 Å². The minimum atomic E-state index is 1.12. The molecule has 0 heterocycles. The van der Waals surface area contributed by atoms with Gasteiger partial charge >= 0.3 is 0 Å². The average Bonchev–Trinajstić information content (AvgIpc) is 2.32. The van der Waals surface area contributed by atoms with Crippen LogP contribution in [0.15, 0.2) is 60.1 Å². The molecule has 2 rings (SSSR count). The first-order valence-corrected chi connectivity index (χ1v) is 5.26. The van der Waals surface area contributed by atoms with Crippen LogP contribution in [0.1, 0.15) is 5.56 Å². The molecule has 2 aromatic carbocycles. The second-order valence-electron chi connectivity index (χ2n) is 3.28. The predicted molar refractivity (Wildman–Crippen MR) is 66.8 cm³/mol. The van der Waals surface area contributed by atoms with E-state index in [9.17, 15) is 0 Å². The summed E-state index contributed by atoms with van der Waals surface area (Å²) in [4.78, 5) is 0. The van der Waals surface area contributed by atoms with Gasteiger partial charge in [0.25, 0.3) is 0 Å². The molecule has 0 bridgehead atoms. The molecule has 0 fully saturated rings. The van der Waals surface area contributed by atoms with E-state index in [0.29, 0.717) is 0 Å². The van der Waals surface area contributed by atoms with Crippen LogP contribution in [0.3, 0.4) is 0 Å². The molecule has 1 heteroatoms. The first-order valence-electron chi connectivity index (χ1n) is 4.82. The predicted octanol–water partition coefficient (Wildman–Crippen LogP) is 4.56. The van der Waals surface area contributed by atoms with Gasteiger partial charge in [0.2, 0.25) is 0 Å². The maximum Gasteiger partial charge on any atom is 0.00484 e. The van der Waals surface area contributed by atoms with Crippen LogP contribution in [0.2, 0.25) is 0 Å². The van der Waals surface area contributed by atoms with E-state index in [1.54, 1.807) is 0 Å². The van der Waals surface area contributed by atoms with Gasteiger partial charge in [-0.05, 0) is 22.8 Å². The molecule has 0 aliphatic heterocycles. The first-order chi connectivity index (χ1) is 7.40. The van der Waals surface area contributed by atoms with E-state index in [1.807, 2.05) is 24.3 Å². The van der Waals surface area contributed by atoms with Crippen molar-refractivity contribution in [3.8, 4) is 11.1 Å². The van der Waals surface area contributed by atoms with E-state index in [0.717, 1.165) is 5.56 Å². The smallest absolute Gasteiger partial charge is 0.00484 e. The Morgan fingerprint density at radius 1 is 0.733 bits per heavy atom. The van der Waals surface area contributed by atoms with Crippen molar-refractivity contribution in [3.05, 3.63) is 65.7 Å². The number of halogens is 1. The van der Waals surface area contributed by atoms with Crippen molar-refractivity contribution in [3.63, 3.8) is 0 Å². The van der Waals surface area contributed by atoms with Gasteiger partial charge in [-0.3, -0.25) is 0 Å². The number of benzene rings is 2. The van der Waals surface area contributed by atoms with Gasteiger partial charge in [-0.25, -0.2) is 0 Å². The first kappa shape index (κ1) is 10.0. The molecule has 0 amide bonds. The summed E-state index contributed by atoms with van der Waals surface area (Å²) in [5.41, 5.74) is 5.10. The number of hydrogen-bond donors (Lipinski definition) is 0. The topological polar surface area (TPSA) is 0 Å². The highest BCUT2D eigenvalue weighted by Crippen LogP contribution is 2.19. The standard InChI is InChI=1S/C14H11Cl/c15-11-10-12-6-8-14(9-7-12)13-4-2-1-3-5-13/h1-11H/b11-10+. The maximum atomic E-state index is 5.51. The van der Waals surface area contributed by atoms with Crippen LogP contribution >= 0.6 is 11.6 Å². The third-order valence-electron chi connectivity index (χ3n) is 2.27. The lowest BCUT2D eigenvalue weighted by Gasteiger charge is -2.01. The Morgan fingerprint density at radius 2 is 1.33 bits per heavy atom. The molecular formula is C14H11Cl. The Bertz CT molecular complexity index is 441. The Labute approximate surface area is 94.8 Å². The zero-order valence-corrected chi connectivity index (χ0v) is 8.98. The third-order valence-corrected chi connectivity index (χ3v) is 2.40. The summed E-state index contributed by atoms with van der Waals surface area (Å²) in [5, 5.41) is 0. The minimum Gasteiger partial charge on any atom is -0.0929 e. The molecule has 74 valence electrons. The summed E-state index contributed by atoms with van der Waals surface area (Å²) in [5.74, 6) is 0. The molecule has 0 atom stereocenters. The summed E-state index contributed by atoms with van der Waals surface area (Å²) < 4.78 is 0. The van der Waals surface area contributed by atoms with Gasteiger partial charge < -0.3 is 0 Å². The van der Waals surface area contributed by atoms with Crippen molar-refractivity contribution >= 4 is 17.7 Å². The molecule has 0 nitrogen and oxygen atoms in total. The van der Waals surface area contributed by atoms with Crippen molar-refractivity contribution < 1.29 is 0 Å². The molecule has 0 aliphatic carbocycles. The fourth-order valence-electron chi connectivity index (χ4n) is 1.49. The molecule has 0 unspecified atom stereocenters. The number of rotatable bonds is 2. The van der Waals surface area contributed by atoms with E-state index in [1.165, 1.54) is 16.7 Å². The highest BCUT2D eigenvalue weighted by atomic mass is 35.5. The zero-order chi connectivity index (χ0) is 10.5. The second kappa shape index (κ2) is 4.81. The third kappa shape index (κ3) is 2.48. The molecule has 0 spiro atoms. The van der Waals surface area contributed by atoms with Gasteiger partial charge in [-0.1, -0.05) is 66.2 Å². The van der Waals surface area contributed by atoms with E-state index in [4.69, 9.17) is 11.6 Å². The molecule has 2 aromatic rings. The van der Waals surface area contributed by atoms with E-state index < -0.39 is 0 Å². The Balaban J connectivity index is 2.32. The van der Waals surface area contributed by atoms with Gasteiger partial charge in [-0.15, -0.1) is 0 Å². The average molecular weight is 215 g/mol. The highest BCUT2D eigenvalue weighted by molar-refractivity contribution is 6.27. The Morgan fingerprint density at radius 3 is 1.93 bits per heavy atom. The van der Waals surface area contributed by atoms with E-state index in [2.05, 4.69) is 36.4 Å². The zero-order valence-electron chi connectivity index (χ0n) is 8.23. The van der Waals surface area contributed by atoms with Crippen molar-refractivity contribution in [1.82, 2.24) is 0 Å². The van der Waals surface area contributed by atoms with Crippen LogP contribution in [0.4, 0.5) is 0 Å². The molecule has 15 heavy (non-hydrogen) atoms. The summed E-state index contributed by atoms with van der Waals surface area (Å²) in [7, 11) is 0. The molecule has 0 aliphatic rings. The molecule has 0 saturated carbocycles. The lowest BCUT2D eigenvalue weighted by atomic mass is 10.0. The number of hydrogen-bond acceptors (Lipinski definition) is 0. The van der Waals surface area contributed by atoms with Crippen LogP contribution in [-0.2, 0) is 0 Å². The Hall–Kier alpha value is -1.53. The monoisotopic (exact) mass is 214 g/mol. The van der Waals surface area contributed by atoms with Crippen molar-refractivity contribution in [2.24, 2.45) is 0 Å². The molecule has 0 N–H and O–H groups in total. The Kier molecular flexibility index (Phi) is 3.21. The van der Waals surface area contributed by atoms with Gasteiger partial charge in [0.15, 0.2) is 0 Å². The maximum absolute atomic E-state index is 5.51. The van der Waals surface area contributed by atoms with E-state index in [-0.39, 0.29) is 0 Å². The van der Waals surface area contributed by atoms with E-state index >= 15 is 0 Å². The quantitative estimate of drug-likeness (QED) is 0.688. The second-order valence-corrected chi connectivity index (χ2v) is 3.53. The van der Waals surface area contributed by atoms with Gasteiger partial charge in [0, 0.05) is 5.54 Å². The molecular weight excluding hydrogens is 204 g/mol. The lowest BCUT2D eigenvalue weighted by molar-refractivity contribution is 1.60.